The van der Waals surface area contributed by atoms with Gasteiger partial charge in [-0.15, -0.1) is 11.8 Å². The molecule has 2 aliphatic heterocycles. The molecule has 2 saturated heterocycles. The van der Waals surface area contributed by atoms with Crippen molar-refractivity contribution in [2.75, 3.05) is 37.0 Å². The van der Waals surface area contributed by atoms with Crippen LogP contribution in [0.3, 0.4) is 0 Å². The highest BCUT2D eigenvalue weighted by Crippen LogP contribution is 2.61. The van der Waals surface area contributed by atoms with E-state index in [-0.39, 0.29) is 39.8 Å². The number of aliphatic hydroxyl groups is 2. The topological polar surface area (TPSA) is 244 Å². The van der Waals surface area contributed by atoms with Crippen LogP contribution in [-0.4, -0.2) is 98.5 Å². The van der Waals surface area contributed by atoms with Crippen LogP contribution >= 0.6 is 30.8 Å². The highest BCUT2D eigenvalue weighted by Gasteiger charge is 2.57. The molecular formula is C20H23F2N10O7PS2. The molecule has 4 aromatic rings. The molecule has 7 atom stereocenters. The molecule has 4 aromatic heterocycles. The third-order valence-corrected chi connectivity index (χ3v) is 10.0. The third-order valence-electron chi connectivity index (χ3n) is 7.02. The van der Waals surface area contributed by atoms with Crippen LogP contribution < -0.4 is 17.0 Å². The van der Waals surface area contributed by atoms with Crippen molar-refractivity contribution < 1.29 is 37.3 Å². The second-order valence-electron chi connectivity index (χ2n) is 9.53. The number of thiol groups is 1. The maximum Gasteiger partial charge on any atom is 0.388 e. The molecule has 226 valence electrons. The van der Waals surface area contributed by atoms with Crippen LogP contribution in [0.1, 0.15) is 0 Å². The Balaban J connectivity index is 1.25. The van der Waals surface area contributed by atoms with Crippen LogP contribution in [0.5, 0.6) is 0 Å². The number of fused-ring (bicyclic) bond motifs is 2. The van der Waals surface area contributed by atoms with Crippen LogP contribution in [0, 0.1) is 0 Å². The molecule has 0 radical (unpaired) electrons. The van der Waals surface area contributed by atoms with Gasteiger partial charge >= 0.3 is 6.80 Å². The lowest BCUT2D eigenvalue weighted by Gasteiger charge is -2.34. The lowest BCUT2D eigenvalue weighted by Crippen LogP contribution is -2.46. The van der Waals surface area contributed by atoms with E-state index in [1.54, 1.807) is 0 Å². The van der Waals surface area contributed by atoms with Crippen LogP contribution in [0.2, 0.25) is 0 Å². The van der Waals surface area contributed by atoms with Gasteiger partial charge in [-0.3, -0.25) is 28.0 Å². The minimum atomic E-state index is -4.55. The first-order valence-electron chi connectivity index (χ1n) is 12.1. The Morgan fingerprint density at radius 1 is 1.24 bits per heavy atom. The van der Waals surface area contributed by atoms with Crippen molar-refractivity contribution in [1.82, 2.24) is 39.0 Å². The Labute approximate surface area is 242 Å². The van der Waals surface area contributed by atoms with Gasteiger partial charge in [0.1, 0.15) is 30.7 Å². The SMILES string of the molecule is Nc1nc2c(ncn2[C@]2(OP(=O)(S)OC[C@H]3OC[C@@](F)(n4cnc5c(N)ncnc54)[C@@H]3O)CS[C@H](CO)[C@H]2F)c(=O)[nH]1. The summed E-state index contributed by atoms with van der Waals surface area (Å²) in [6.45, 7) is -6.52. The Morgan fingerprint density at radius 3 is 2.71 bits per heavy atom. The number of nitrogens with two attached hydrogens (primary N) is 2. The Kier molecular flexibility index (Phi) is 7.20. The Bertz CT molecular complexity index is 1780. The summed E-state index contributed by atoms with van der Waals surface area (Å²) in [5.41, 5.74) is 8.28. The van der Waals surface area contributed by atoms with Crippen molar-refractivity contribution in [2.24, 2.45) is 0 Å². The number of H-pyrrole nitrogens is 1. The summed E-state index contributed by atoms with van der Waals surface area (Å²) in [7, 11) is 0. The van der Waals surface area contributed by atoms with Crippen molar-refractivity contribution >= 4 is 64.9 Å². The number of nitrogen functional groups attached to an aromatic ring is 2. The zero-order valence-corrected chi connectivity index (χ0v) is 23.8. The summed E-state index contributed by atoms with van der Waals surface area (Å²) in [5.74, 6) is -3.09. The summed E-state index contributed by atoms with van der Waals surface area (Å²) >= 11 is 4.96. The molecule has 0 aliphatic carbocycles. The number of aliphatic hydroxyl groups excluding tert-OH is 2. The molecule has 0 saturated carbocycles. The highest BCUT2D eigenvalue weighted by molar-refractivity contribution is 8.44. The lowest BCUT2D eigenvalue weighted by molar-refractivity contribution is -0.0661. The fourth-order valence-corrected chi connectivity index (χ4v) is 7.96. The first kappa shape index (κ1) is 29.2. The van der Waals surface area contributed by atoms with Crippen molar-refractivity contribution in [3.8, 4) is 0 Å². The lowest BCUT2D eigenvalue weighted by atomic mass is 10.1. The van der Waals surface area contributed by atoms with E-state index >= 15 is 8.78 Å². The predicted octanol–water partition coefficient (Wildman–Crippen LogP) is -0.324. The number of rotatable bonds is 8. The van der Waals surface area contributed by atoms with Gasteiger partial charge in [0.05, 0.1) is 31.1 Å². The van der Waals surface area contributed by atoms with Gasteiger partial charge in [-0.05, 0) is 0 Å². The van der Waals surface area contributed by atoms with E-state index < -0.39 is 67.3 Å². The molecule has 0 aromatic carbocycles. The van der Waals surface area contributed by atoms with E-state index in [2.05, 4.69) is 42.2 Å². The predicted molar refractivity (Wildman–Crippen MR) is 147 cm³/mol. The number of halogens is 2. The number of alkyl halides is 2. The van der Waals surface area contributed by atoms with Crippen LogP contribution in [-0.2, 0) is 29.9 Å². The molecular weight excluding hydrogens is 625 g/mol. The van der Waals surface area contributed by atoms with E-state index in [1.165, 1.54) is 0 Å². The molecule has 22 heteroatoms. The van der Waals surface area contributed by atoms with Gasteiger partial charge in [-0.25, -0.2) is 33.3 Å². The number of aromatic nitrogens is 8. The van der Waals surface area contributed by atoms with Gasteiger partial charge in [0.15, 0.2) is 34.5 Å². The number of imidazole rings is 2. The van der Waals surface area contributed by atoms with E-state index in [9.17, 15) is 19.6 Å². The standard InChI is InChI=1S/C20H23F2N10O7PS2/c21-12-9(1-33)42-4-20(12,32-7-28-11-16(32)29-18(24)30-17(11)35)39-40(36,41)38-2-8-13(34)19(22,3-37-8)31-6-27-10-14(23)25-5-26-15(10)31/h5-9,12-13,33-34H,1-4H2,(H,36,41)(H2,23,25,26)(H3,24,29,30,35)/t8-,9-,12-,13-,19-,20+,40?/m1/s1. The summed E-state index contributed by atoms with van der Waals surface area (Å²) in [6, 6.07) is 0. The number of nitrogens with one attached hydrogen (secondary N) is 1. The van der Waals surface area contributed by atoms with E-state index in [0.29, 0.717) is 0 Å². The van der Waals surface area contributed by atoms with E-state index in [1.807, 2.05) is 0 Å². The molecule has 42 heavy (non-hydrogen) atoms. The summed E-state index contributed by atoms with van der Waals surface area (Å²) < 4.78 is 63.9. The highest BCUT2D eigenvalue weighted by atomic mass is 32.7. The number of ether oxygens (including phenoxy) is 1. The van der Waals surface area contributed by atoms with E-state index in [4.69, 9.17) is 25.3 Å². The average Bonchev–Trinajstić information content (AvgIpc) is 3.70. The van der Waals surface area contributed by atoms with Crippen LogP contribution in [0.15, 0.2) is 23.8 Å². The zero-order chi connectivity index (χ0) is 30.0. The molecule has 17 nitrogen and oxygen atoms in total. The minimum Gasteiger partial charge on any atom is -0.395 e. The van der Waals surface area contributed by atoms with Gasteiger partial charge in [-0.1, -0.05) is 12.2 Å². The monoisotopic (exact) mass is 648 g/mol. The quantitative estimate of drug-likeness (QED) is 0.106. The average molecular weight is 649 g/mol. The fourth-order valence-electron chi connectivity index (χ4n) is 4.91. The molecule has 0 amide bonds. The molecule has 0 bridgehead atoms. The summed E-state index contributed by atoms with van der Waals surface area (Å²) in [4.78, 5) is 34.3. The molecule has 1 unspecified atom stereocenters. The zero-order valence-electron chi connectivity index (χ0n) is 21.1. The minimum absolute atomic E-state index is 0.00516. The second kappa shape index (κ2) is 10.4. The second-order valence-corrected chi connectivity index (χ2v) is 13.6. The molecule has 6 rings (SSSR count). The molecule has 7 N–H and O–H groups in total. The summed E-state index contributed by atoms with van der Waals surface area (Å²) in [5, 5.41) is 19.5. The maximum absolute atomic E-state index is 16.1. The number of thioether (sulfide) groups is 1. The van der Waals surface area contributed by atoms with Gasteiger partial charge in [-0.2, -0.15) is 4.98 Å². The van der Waals surface area contributed by atoms with Gasteiger partial charge in [0.25, 0.3) is 5.56 Å². The maximum atomic E-state index is 16.1. The van der Waals surface area contributed by atoms with Crippen molar-refractivity contribution in [3.63, 3.8) is 0 Å². The number of anilines is 2. The molecule has 0 spiro atoms. The van der Waals surface area contributed by atoms with Gasteiger partial charge in [0, 0.05) is 5.75 Å². The fraction of sp³-hybridized carbons (Fsp3) is 0.500. The molecule has 2 fully saturated rings. The normalized spacial score (nSPS) is 31.3. The van der Waals surface area contributed by atoms with Gasteiger partial charge in [0.2, 0.25) is 11.7 Å². The number of nitrogens with zero attached hydrogens (tertiary/aromatic N) is 7. The van der Waals surface area contributed by atoms with Crippen molar-refractivity contribution in [2.45, 2.75) is 35.1 Å². The van der Waals surface area contributed by atoms with Crippen molar-refractivity contribution in [3.05, 3.63) is 29.3 Å². The Morgan fingerprint density at radius 2 is 1.98 bits per heavy atom. The summed E-state index contributed by atoms with van der Waals surface area (Å²) in [6.07, 6.45) is -2.03. The number of aromatic amines is 1. The van der Waals surface area contributed by atoms with E-state index in [0.717, 1.165) is 39.9 Å². The molecule has 6 heterocycles. The number of hydrogen-bond donors (Lipinski definition) is 6. The van der Waals surface area contributed by atoms with Crippen molar-refractivity contribution in [1.29, 1.82) is 0 Å². The van der Waals surface area contributed by atoms with Crippen LogP contribution in [0.25, 0.3) is 22.3 Å². The van der Waals surface area contributed by atoms with Crippen LogP contribution in [0.4, 0.5) is 20.5 Å². The smallest absolute Gasteiger partial charge is 0.388 e. The van der Waals surface area contributed by atoms with Gasteiger partial charge < -0.3 is 26.4 Å². The third kappa shape index (κ3) is 4.55. The largest absolute Gasteiger partial charge is 0.395 e. The first-order valence-corrected chi connectivity index (χ1v) is 15.8. The first-order chi connectivity index (χ1) is 19.9. The number of hydrogen-bond acceptors (Lipinski definition) is 15. The Hall–Kier alpha value is -2.91. The molecule has 2 aliphatic rings.